The molecule has 0 bridgehead atoms. The highest BCUT2D eigenvalue weighted by Gasteiger charge is 2.26. The number of benzene rings is 1. The summed E-state index contributed by atoms with van der Waals surface area (Å²) >= 11 is 0. The van der Waals surface area contributed by atoms with Crippen molar-refractivity contribution in [2.45, 2.75) is 39.2 Å². The van der Waals surface area contributed by atoms with E-state index in [9.17, 15) is 9.59 Å². The van der Waals surface area contributed by atoms with Crippen molar-refractivity contribution in [2.24, 2.45) is 5.92 Å². The average molecular weight is 383 g/mol. The van der Waals surface area contributed by atoms with Crippen LogP contribution in [0, 0.1) is 17.2 Å². The number of likely N-dealkylation sites (tertiary alicyclic amines) is 1. The van der Waals surface area contributed by atoms with Gasteiger partial charge in [0.2, 0.25) is 5.91 Å². The number of carbonyl (C=O) groups excluding carboxylic acids is 2. The van der Waals surface area contributed by atoms with Crippen LogP contribution in [0.3, 0.4) is 0 Å². The van der Waals surface area contributed by atoms with Crippen molar-refractivity contribution in [2.75, 3.05) is 26.7 Å². The molecule has 1 aliphatic heterocycles. The van der Waals surface area contributed by atoms with Gasteiger partial charge in [-0.05, 0) is 63.3 Å². The zero-order chi connectivity index (χ0) is 20.7. The van der Waals surface area contributed by atoms with E-state index in [0.29, 0.717) is 31.1 Å². The summed E-state index contributed by atoms with van der Waals surface area (Å²) in [5.41, 5.74) is 0.908. The van der Waals surface area contributed by atoms with Crippen LogP contribution < -0.4 is 0 Å². The van der Waals surface area contributed by atoms with Crippen molar-refractivity contribution in [1.82, 2.24) is 9.80 Å². The molecule has 1 saturated heterocycles. The van der Waals surface area contributed by atoms with Crippen molar-refractivity contribution in [3.05, 3.63) is 41.5 Å². The van der Waals surface area contributed by atoms with E-state index in [2.05, 4.69) is 6.07 Å². The molecule has 1 fully saturated rings. The lowest BCUT2D eigenvalue weighted by Gasteiger charge is -2.34. The lowest BCUT2D eigenvalue weighted by molar-refractivity contribution is -0.127. The van der Waals surface area contributed by atoms with Gasteiger partial charge in [-0.25, -0.2) is 4.79 Å². The van der Waals surface area contributed by atoms with Gasteiger partial charge in [0.25, 0.3) is 0 Å². The molecule has 28 heavy (non-hydrogen) atoms. The molecule has 2 amide bonds. The summed E-state index contributed by atoms with van der Waals surface area (Å²) in [6.45, 7) is 7.54. The number of hydrogen-bond donors (Lipinski definition) is 0. The molecule has 6 nitrogen and oxygen atoms in total. The van der Waals surface area contributed by atoms with Crippen molar-refractivity contribution >= 4 is 18.1 Å². The predicted molar refractivity (Wildman–Crippen MR) is 108 cm³/mol. The summed E-state index contributed by atoms with van der Waals surface area (Å²) in [6, 6.07) is 9.25. The summed E-state index contributed by atoms with van der Waals surface area (Å²) in [4.78, 5) is 27.9. The maximum absolute atomic E-state index is 12.4. The molecule has 0 radical (unpaired) electrons. The summed E-state index contributed by atoms with van der Waals surface area (Å²) in [5.74, 6) is 0.333. The standard InChI is InChI=1S/C22H29N3O3/c1-22(2,3)28-21(27)24(4)16-18-10-12-25(13-11-18)20(26)9-8-17-6-5-7-19(14-17)15-23/h5-9,14,18H,10-13,16H2,1-4H3/b9-8+. The molecule has 0 saturated carbocycles. The van der Waals surface area contributed by atoms with Crippen LogP contribution in [0.15, 0.2) is 30.3 Å². The van der Waals surface area contributed by atoms with E-state index in [-0.39, 0.29) is 12.0 Å². The Hall–Kier alpha value is -2.81. The van der Waals surface area contributed by atoms with Crippen LogP contribution in [0.4, 0.5) is 4.79 Å². The van der Waals surface area contributed by atoms with Gasteiger partial charge < -0.3 is 14.5 Å². The second-order valence-corrected chi connectivity index (χ2v) is 8.20. The first-order chi connectivity index (χ1) is 13.2. The normalized spacial score (nSPS) is 15.3. The Morgan fingerprint density at radius 2 is 2.00 bits per heavy atom. The maximum Gasteiger partial charge on any atom is 0.410 e. The van der Waals surface area contributed by atoms with Crippen LogP contribution >= 0.6 is 0 Å². The first-order valence-corrected chi connectivity index (χ1v) is 9.59. The van der Waals surface area contributed by atoms with Gasteiger partial charge in [-0.3, -0.25) is 4.79 Å². The summed E-state index contributed by atoms with van der Waals surface area (Å²) in [7, 11) is 1.75. The van der Waals surface area contributed by atoms with E-state index in [1.54, 1.807) is 42.3 Å². The summed E-state index contributed by atoms with van der Waals surface area (Å²) in [6.07, 6.45) is 4.70. The zero-order valence-corrected chi connectivity index (χ0v) is 17.1. The van der Waals surface area contributed by atoms with E-state index < -0.39 is 5.60 Å². The Morgan fingerprint density at radius 1 is 1.32 bits per heavy atom. The second-order valence-electron chi connectivity index (χ2n) is 8.20. The van der Waals surface area contributed by atoms with E-state index in [1.807, 2.05) is 31.7 Å². The van der Waals surface area contributed by atoms with Gasteiger partial charge in [-0.15, -0.1) is 0 Å². The summed E-state index contributed by atoms with van der Waals surface area (Å²) in [5, 5.41) is 8.94. The minimum absolute atomic E-state index is 0.0266. The number of nitriles is 1. The topological polar surface area (TPSA) is 73.6 Å². The van der Waals surface area contributed by atoms with Gasteiger partial charge in [0.15, 0.2) is 0 Å². The van der Waals surface area contributed by atoms with Gasteiger partial charge in [-0.2, -0.15) is 5.26 Å². The minimum Gasteiger partial charge on any atom is -0.444 e. The molecule has 1 heterocycles. The molecule has 0 unspecified atom stereocenters. The lowest BCUT2D eigenvalue weighted by atomic mass is 9.96. The number of piperidine rings is 1. The van der Waals surface area contributed by atoms with E-state index in [4.69, 9.17) is 10.00 Å². The molecule has 1 aromatic rings. The molecule has 150 valence electrons. The predicted octanol–water partition coefficient (Wildman–Crippen LogP) is 3.68. The number of rotatable bonds is 4. The molecule has 6 heteroatoms. The third-order valence-electron chi connectivity index (χ3n) is 4.60. The largest absolute Gasteiger partial charge is 0.444 e. The van der Waals surface area contributed by atoms with E-state index in [1.165, 1.54) is 0 Å². The summed E-state index contributed by atoms with van der Waals surface area (Å²) < 4.78 is 5.38. The van der Waals surface area contributed by atoms with Crippen molar-refractivity contribution in [3.8, 4) is 6.07 Å². The SMILES string of the molecule is CN(CC1CCN(C(=O)/C=C/c2cccc(C#N)c2)CC1)C(=O)OC(C)(C)C. The molecule has 0 aromatic heterocycles. The van der Waals surface area contributed by atoms with Gasteiger partial charge in [0.1, 0.15) is 5.60 Å². The van der Waals surface area contributed by atoms with E-state index in [0.717, 1.165) is 18.4 Å². The Bertz CT molecular complexity index is 766. The smallest absolute Gasteiger partial charge is 0.410 e. The maximum atomic E-state index is 12.4. The van der Waals surface area contributed by atoms with Crippen molar-refractivity contribution < 1.29 is 14.3 Å². The van der Waals surface area contributed by atoms with E-state index >= 15 is 0 Å². The molecular weight excluding hydrogens is 354 g/mol. The first-order valence-electron chi connectivity index (χ1n) is 9.59. The molecule has 0 aliphatic carbocycles. The highest BCUT2D eigenvalue weighted by Crippen LogP contribution is 2.20. The van der Waals surface area contributed by atoms with Crippen LogP contribution in [0.1, 0.15) is 44.7 Å². The molecule has 1 aromatic carbocycles. The third-order valence-corrected chi connectivity index (χ3v) is 4.60. The number of carbonyl (C=O) groups is 2. The molecule has 0 N–H and O–H groups in total. The Balaban J connectivity index is 1.81. The zero-order valence-electron chi connectivity index (χ0n) is 17.1. The van der Waals surface area contributed by atoms with Crippen molar-refractivity contribution in [1.29, 1.82) is 5.26 Å². The van der Waals surface area contributed by atoms with Crippen LogP contribution in [-0.2, 0) is 9.53 Å². The van der Waals surface area contributed by atoms with Gasteiger partial charge in [-0.1, -0.05) is 12.1 Å². The van der Waals surface area contributed by atoms with Crippen LogP contribution in [0.25, 0.3) is 6.08 Å². The fourth-order valence-corrected chi connectivity index (χ4v) is 3.12. The second kappa shape index (κ2) is 9.41. The molecule has 2 rings (SSSR count). The highest BCUT2D eigenvalue weighted by molar-refractivity contribution is 5.91. The lowest BCUT2D eigenvalue weighted by Crippen LogP contribution is -2.42. The minimum atomic E-state index is -0.500. The number of amides is 2. The quantitative estimate of drug-likeness (QED) is 0.744. The van der Waals surface area contributed by atoms with Crippen LogP contribution in [-0.4, -0.2) is 54.1 Å². The highest BCUT2D eigenvalue weighted by atomic mass is 16.6. The third kappa shape index (κ3) is 6.73. The van der Waals surface area contributed by atoms with Crippen LogP contribution in [0.2, 0.25) is 0 Å². The van der Waals surface area contributed by atoms with Gasteiger partial charge >= 0.3 is 6.09 Å². The Kier molecular flexibility index (Phi) is 7.22. The molecule has 0 spiro atoms. The number of ether oxygens (including phenoxy) is 1. The average Bonchev–Trinajstić information content (AvgIpc) is 2.65. The fourth-order valence-electron chi connectivity index (χ4n) is 3.12. The van der Waals surface area contributed by atoms with Gasteiger partial charge in [0.05, 0.1) is 11.6 Å². The van der Waals surface area contributed by atoms with Gasteiger partial charge in [0, 0.05) is 32.8 Å². The molecule has 0 atom stereocenters. The first kappa shape index (κ1) is 21.5. The monoisotopic (exact) mass is 383 g/mol. The van der Waals surface area contributed by atoms with Crippen LogP contribution in [0.5, 0.6) is 0 Å². The fraction of sp³-hybridized carbons (Fsp3) is 0.500. The number of hydrogen-bond acceptors (Lipinski definition) is 4. The molecular formula is C22H29N3O3. The Labute approximate surface area is 167 Å². The molecule has 1 aliphatic rings. The van der Waals surface area contributed by atoms with Crippen molar-refractivity contribution in [3.63, 3.8) is 0 Å². The Morgan fingerprint density at radius 3 is 2.61 bits per heavy atom. The number of nitrogens with zero attached hydrogens (tertiary/aromatic N) is 3.